The topological polar surface area (TPSA) is 70.6 Å². The van der Waals surface area contributed by atoms with Crippen LogP contribution in [0.2, 0.25) is 5.02 Å². The fourth-order valence-corrected chi connectivity index (χ4v) is 4.44. The summed E-state index contributed by atoms with van der Waals surface area (Å²) in [4.78, 5) is 17.4. The molecule has 172 valence electrons. The summed E-state index contributed by atoms with van der Waals surface area (Å²) in [6, 6.07) is 22.8. The monoisotopic (exact) mass is 473 g/mol. The molecule has 0 aliphatic carbocycles. The second-order valence-corrected chi connectivity index (χ2v) is 8.46. The first-order valence-electron chi connectivity index (χ1n) is 11.1. The molecule has 4 aromatic rings. The van der Waals surface area contributed by atoms with Gasteiger partial charge in [0.25, 0.3) is 5.91 Å². The normalized spacial score (nSPS) is 13.7. The third kappa shape index (κ3) is 4.34. The number of anilines is 3. The maximum Gasteiger partial charge on any atom is 0.276 e. The van der Waals surface area contributed by atoms with Crippen LogP contribution in [0.25, 0.3) is 10.8 Å². The number of nitrogens with one attached hydrogen (secondary N) is 1. The number of halogens is 1. The van der Waals surface area contributed by atoms with E-state index in [1.165, 1.54) is 0 Å². The van der Waals surface area contributed by atoms with Crippen molar-refractivity contribution in [2.75, 3.05) is 48.4 Å². The van der Waals surface area contributed by atoms with Crippen molar-refractivity contribution in [3.05, 3.63) is 83.5 Å². The van der Waals surface area contributed by atoms with Crippen LogP contribution in [0, 0.1) is 0 Å². The van der Waals surface area contributed by atoms with Gasteiger partial charge in [-0.1, -0.05) is 54.1 Å². The summed E-state index contributed by atoms with van der Waals surface area (Å²) in [5, 5.41) is 14.1. The summed E-state index contributed by atoms with van der Waals surface area (Å²) >= 11 is 6.23. The highest BCUT2D eigenvalue weighted by molar-refractivity contribution is 6.31. The van der Waals surface area contributed by atoms with E-state index in [4.69, 9.17) is 16.3 Å². The molecule has 1 saturated heterocycles. The number of methoxy groups -OCH3 is 1. The summed E-state index contributed by atoms with van der Waals surface area (Å²) in [6.07, 6.45) is 0. The molecular weight excluding hydrogens is 450 g/mol. The number of fused-ring (bicyclic) bond motifs is 1. The van der Waals surface area contributed by atoms with Gasteiger partial charge in [0.15, 0.2) is 11.5 Å². The molecule has 1 N–H and O–H groups in total. The molecule has 34 heavy (non-hydrogen) atoms. The third-order valence-electron chi connectivity index (χ3n) is 5.98. The molecule has 1 amide bonds. The van der Waals surface area contributed by atoms with Crippen molar-refractivity contribution in [2.45, 2.75) is 0 Å². The number of hydrogen-bond acceptors (Lipinski definition) is 6. The summed E-state index contributed by atoms with van der Waals surface area (Å²) in [7, 11) is 1.67. The molecule has 0 radical (unpaired) electrons. The lowest BCUT2D eigenvalue weighted by atomic mass is 10.1. The van der Waals surface area contributed by atoms with Gasteiger partial charge < -0.3 is 19.9 Å². The number of ether oxygens (including phenoxy) is 1. The predicted octanol–water partition coefficient (Wildman–Crippen LogP) is 4.87. The van der Waals surface area contributed by atoms with Crippen molar-refractivity contribution in [2.24, 2.45) is 0 Å². The van der Waals surface area contributed by atoms with Gasteiger partial charge in [0.1, 0.15) is 5.75 Å². The first kappa shape index (κ1) is 22.0. The van der Waals surface area contributed by atoms with Crippen LogP contribution in [0.3, 0.4) is 0 Å². The van der Waals surface area contributed by atoms with Crippen LogP contribution in [0.4, 0.5) is 17.2 Å². The van der Waals surface area contributed by atoms with E-state index in [1.807, 2.05) is 72.8 Å². The van der Waals surface area contributed by atoms with E-state index < -0.39 is 0 Å². The van der Waals surface area contributed by atoms with Gasteiger partial charge in [0.2, 0.25) is 0 Å². The second kappa shape index (κ2) is 9.57. The zero-order valence-electron chi connectivity index (χ0n) is 18.7. The highest BCUT2D eigenvalue weighted by Gasteiger charge is 2.24. The average molecular weight is 474 g/mol. The number of nitrogens with zero attached hydrogens (tertiary/aromatic N) is 4. The Hall–Kier alpha value is -3.84. The number of piperazine rings is 1. The standard InChI is InChI=1S/C26H24ClN5O2/c1-34-23-12-11-18(27)17-22(23)31-13-15-32(16-14-31)25-21-10-6-5-9-20(21)24(29-30-25)26(33)28-19-7-3-2-4-8-19/h2-12,17H,13-16H2,1H3,(H,28,33). The molecule has 0 spiro atoms. The number of amides is 1. The molecular formula is C26H24ClN5O2. The minimum absolute atomic E-state index is 0.278. The second-order valence-electron chi connectivity index (χ2n) is 8.03. The average Bonchev–Trinajstić information content (AvgIpc) is 2.88. The smallest absolute Gasteiger partial charge is 0.276 e. The van der Waals surface area contributed by atoms with E-state index in [0.717, 1.165) is 59.9 Å². The van der Waals surface area contributed by atoms with Crippen LogP contribution in [0.1, 0.15) is 10.5 Å². The van der Waals surface area contributed by atoms with Crippen LogP contribution in [-0.4, -0.2) is 49.4 Å². The Morgan fingerprint density at radius 2 is 1.56 bits per heavy atom. The van der Waals surface area contributed by atoms with Gasteiger partial charge in [-0.05, 0) is 30.3 Å². The van der Waals surface area contributed by atoms with E-state index in [2.05, 4.69) is 25.3 Å². The lowest BCUT2D eigenvalue weighted by Crippen LogP contribution is -2.47. The number of rotatable bonds is 5. The van der Waals surface area contributed by atoms with E-state index in [-0.39, 0.29) is 5.91 Å². The highest BCUT2D eigenvalue weighted by Crippen LogP contribution is 2.33. The zero-order valence-corrected chi connectivity index (χ0v) is 19.5. The van der Waals surface area contributed by atoms with Gasteiger partial charge >= 0.3 is 0 Å². The van der Waals surface area contributed by atoms with Crippen molar-refractivity contribution in [1.82, 2.24) is 10.2 Å². The van der Waals surface area contributed by atoms with Gasteiger partial charge in [-0.25, -0.2) is 0 Å². The number of aromatic nitrogens is 2. The van der Waals surface area contributed by atoms with Crippen molar-refractivity contribution in [3.63, 3.8) is 0 Å². The fraction of sp³-hybridized carbons (Fsp3) is 0.192. The van der Waals surface area contributed by atoms with Crippen LogP contribution in [0.5, 0.6) is 5.75 Å². The van der Waals surface area contributed by atoms with Crippen molar-refractivity contribution < 1.29 is 9.53 Å². The lowest BCUT2D eigenvalue weighted by Gasteiger charge is -2.37. The number of para-hydroxylation sites is 1. The Balaban J connectivity index is 1.39. The number of carbonyl (C=O) groups excluding carboxylic acids is 1. The quantitative estimate of drug-likeness (QED) is 0.446. The Labute approximate surface area is 202 Å². The summed E-state index contributed by atoms with van der Waals surface area (Å²) in [5.74, 6) is 1.31. The molecule has 1 fully saturated rings. The molecule has 1 aromatic heterocycles. The Kier molecular flexibility index (Phi) is 6.18. The van der Waals surface area contributed by atoms with Crippen molar-refractivity contribution >= 4 is 45.5 Å². The van der Waals surface area contributed by atoms with Gasteiger partial charge in [0, 0.05) is 47.7 Å². The molecule has 1 aliphatic heterocycles. The number of hydrogen-bond donors (Lipinski definition) is 1. The third-order valence-corrected chi connectivity index (χ3v) is 6.21. The van der Waals surface area contributed by atoms with E-state index >= 15 is 0 Å². The number of carbonyl (C=O) groups is 1. The Morgan fingerprint density at radius 1 is 0.882 bits per heavy atom. The van der Waals surface area contributed by atoms with Crippen LogP contribution in [0.15, 0.2) is 72.8 Å². The van der Waals surface area contributed by atoms with E-state index in [1.54, 1.807) is 7.11 Å². The highest BCUT2D eigenvalue weighted by atomic mass is 35.5. The first-order chi connectivity index (χ1) is 16.6. The zero-order chi connectivity index (χ0) is 23.5. The molecule has 3 aromatic carbocycles. The minimum Gasteiger partial charge on any atom is -0.495 e. The number of benzene rings is 3. The van der Waals surface area contributed by atoms with Crippen molar-refractivity contribution in [1.29, 1.82) is 0 Å². The molecule has 5 rings (SSSR count). The predicted molar refractivity (Wildman–Crippen MR) is 136 cm³/mol. The molecule has 1 aliphatic rings. The summed E-state index contributed by atoms with van der Waals surface area (Å²) in [6.45, 7) is 3.07. The van der Waals surface area contributed by atoms with Crippen LogP contribution in [-0.2, 0) is 0 Å². The summed E-state index contributed by atoms with van der Waals surface area (Å²) < 4.78 is 5.53. The van der Waals surface area contributed by atoms with E-state index in [0.29, 0.717) is 10.7 Å². The SMILES string of the molecule is COc1ccc(Cl)cc1N1CCN(c2nnc(C(=O)Nc3ccccc3)c3ccccc23)CC1. The Morgan fingerprint density at radius 3 is 2.29 bits per heavy atom. The first-order valence-corrected chi connectivity index (χ1v) is 11.5. The molecule has 2 heterocycles. The van der Waals surface area contributed by atoms with Crippen LogP contribution < -0.4 is 19.9 Å². The van der Waals surface area contributed by atoms with Crippen LogP contribution >= 0.6 is 11.6 Å². The van der Waals surface area contributed by atoms with E-state index in [9.17, 15) is 4.79 Å². The van der Waals surface area contributed by atoms with Crippen molar-refractivity contribution in [3.8, 4) is 5.75 Å². The molecule has 0 unspecified atom stereocenters. The van der Waals surface area contributed by atoms with Gasteiger partial charge in [-0.2, -0.15) is 0 Å². The molecule has 7 nitrogen and oxygen atoms in total. The summed E-state index contributed by atoms with van der Waals surface area (Å²) in [5.41, 5.74) is 2.01. The maximum absolute atomic E-state index is 12.9. The Bertz CT molecular complexity index is 1320. The molecule has 0 saturated carbocycles. The van der Waals surface area contributed by atoms with Gasteiger partial charge in [-0.3, -0.25) is 4.79 Å². The van der Waals surface area contributed by atoms with Gasteiger partial charge in [-0.15, -0.1) is 10.2 Å². The lowest BCUT2D eigenvalue weighted by molar-refractivity contribution is 0.102. The minimum atomic E-state index is -0.278. The molecule has 8 heteroatoms. The fourth-order valence-electron chi connectivity index (χ4n) is 4.27. The largest absolute Gasteiger partial charge is 0.495 e. The van der Waals surface area contributed by atoms with Gasteiger partial charge in [0.05, 0.1) is 12.8 Å². The molecule has 0 bridgehead atoms. The maximum atomic E-state index is 12.9. The molecule has 0 atom stereocenters.